The van der Waals surface area contributed by atoms with Gasteiger partial charge in [0.25, 0.3) is 10.0 Å². The molecule has 1 aliphatic rings. The number of halogens is 5. The molecule has 0 aromatic heterocycles. The second kappa shape index (κ2) is 8.22. The molecule has 33 heavy (non-hydrogen) atoms. The molecule has 0 amide bonds. The van der Waals surface area contributed by atoms with Gasteiger partial charge in [0, 0.05) is 11.6 Å². The van der Waals surface area contributed by atoms with Crippen LogP contribution >= 0.6 is 0 Å². The molecule has 1 heterocycles. The zero-order valence-corrected chi connectivity index (χ0v) is 17.8. The van der Waals surface area contributed by atoms with Crippen LogP contribution in [-0.2, 0) is 16.2 Å². The molecule has 0 saturated heterocycles. The Morgan fingerprint density at radius 2 is 1.79 bits per heavy atom. The maximum Gasteiger partial charge on any atom is 0.416 e. The third-order valence-electron chi connectivity index (χ3n) is 5.06. The largest absolute Gasteiger partial charge is 0.494 e. The summed E-state index contributed by atoms with van der Waals surface area (Å²) in [5, 5.41) is 0. The maximum absolute atomic E-state index is 14.8. The van der Waals surface area contributed by atoms with Crippen molar-refractivity contribution in [3.05, 3.63) is 71.8 Å². The molecule has 1 aliphatic heterocycles. The van der Waals surface area contributed by atoms with E-state index >= 15 is 0 Å². The molecule has 5 nitrogen and oxygen atoms in total. The number of nitrogens with zero attached hydrogens (tertiary/aromatic N) is 1. The normalized spacial score (nSPS) is 13.9. The average molecular weight is 485 g/mol. The molecular weight excluding hydrogens is 469 g/mol. The van der Waals surface area contributed by atoms with Gasteiger partial charge >= 0.3 is 6.18 Å². The topological polar surface area (TPSA) is 55.8 Å². The Hall–Kier alpha value is -3.34. The van der Waals surface area contributed by atoms with Gasteiger partial charge in [-0.05, 0) is 42.0 Å². The number of methoxy groups -OCH3 is 1. The van der Waals surface area contributed by atoms with Crippen LogP contribution in [0.3, 0.4) is 0 Å². The Balaban J connectivity index is 1.83. The Bertz CT molecular complexity index is 1320. The second-order valence-electron chi connectivity index (χ2n) is 7.10. The lowest BCUT2D eigenvalue weighted by molar-refractivity contribution is -0.137. The van der Waals surface area contributed by atoms with Crippen LogP contribution in [0.1, 0.15) is 5.56 Å². The van der Waals surface area contributed by atoms with Crippen molar-refractivity contribution in [2.45, 2.75) is 11.1 Å². The summed E-state index contributed by atoms with van der Waals surface area (Å²) < 4.78 is 106. The minimum absolute atomic E-state index is 0.0150. The predicted octanol–water partition coefficient (Wildman–Crippen LogP) is 5.25. The van der Waals surface area contributed by atoms with Crippen LogP contribution < -0.4 is 13.8 Å². The van der Waals surface area contributed by atoms with Crippen LogP contribution in [0.25, 0.3) is 11.1 Å². The number of anilines is 1. The number of rotatable bonds is 4. The van der Waals surface area contributed by atoms with E-state index in [0.29, 0.717) is 6.07 Å². The number of sulfonamides is 1. The van der Waals surface area contributed by atoms with Crippen molar-refractivity contribution < 1.29 is 39.8 Å². The zero-order chi connectivity index (χ0) is 24.0. The molecule has 0 N–H and O–H groups in total. The van der Waals surface area contributed by atoms with Crippen LogP contribution in [-0.4, -0.2) is 28.7 Å². The van der Waals surface area contributed by atoms with E-state index in [2.05, 4.69) is 0 Å². The molecule has 0 atom stereocenters. The lowest BCUT2D eigenvalue weighted by atomic mass is 10.0. The first-order chi connectivity index (χ1) is 15.5. The molecule has 4 rings (SSSR count). The summed E-state index contributed by atoms with van der Waals surface area (Å²) in [5.41, 5.74) is -1.19. The highest BCUT2D eigenvalue weighted by atomic mass is 32.2. The number of hydrogen-bond donors (Lipinski definition) is 0. The number of hydrogen-bond acceptors (Lipinski definition) is 4. The molecular formula is C22H16F5NO4S. The van der Waals surface area contributed by atoms with Gasteiger partial charge in [-0.2, -0.15) is 13.2 Å². The first-order valence-electron chi connectivity index (χ1n) is 9.52. The summed E-state index contributed by atoms with van der Waals surface area (Å²) >= 11 is 0. The first-order valence-corrected chi connectivity index (χ1v) is 11.0. The fourth-order valence-corrected chi connectivity index (χ4v) is 4.99. The third kappa shape index (κ3) is 4.20. The summed E-state index contributed by atoms with van der Waals surface area (Å²) in [6, 6.07) is 9.24. The zero-order valence-electron chi connectivity index (χ0n) is 17.0. The Kier molecular flexibility index (Phi) is 5.69. The molecule has 174 valence electrons. The van der Waals surface area contributed by atoms with Crippen LogP contribution in [0, 0.1) is 11.6 Å². The fraction of sp³-hybridized carbons (Fsp3) is 0.182. The van der Waals surface area contributed by atoms with Crippen molar-refractivity contribution in [3.63, 3.8) is 0 Å². The highest BCUT2D eigenvalue weighted by molar-refractivity contribution is 7.92. The van der Waals surface area contributed by atoms with Crippen LogP contribution in [0.5, 0.6) is 11.5 Å². The Labute approximate surface area is 186 Å². The Morgan fingerprint density at radius 3 is 2.48 bits per heavy atom. The van der Waals surface area contributed by atoms with E-state index in [9.17, 15) is 30.4 Å². The summed E-state index contributed by atoms with van der Waals surface area (Å²) in [5.74, 6) is -1.84. The van der Waals surface area contributed by atoms with Gasteiger partial charge in [0.1, 0.15) is 18.2 Å². The van der Waals surface area contributed by atoms with Crippen LogP contribution in [0.15, 0.2) is 59.5 Å². The SMILES string of the molecule is COc1cc(F)cc(-c2ccc3c(c2)N(S(=O)(=O)c2cccc(C(F)(F)F)c2)CCO3)c1F. The van der Waals surface area contributed by atoms with Crippen LogP contribution in [0.4, 0.5) is 27.6 Å². The number of fused-ring (bicyclic) bond motifs is 1. The van der Waals surface area contributed by atoms with Crippen molar-refractivity contribution in [1.82, 2.24) is 0 Å². The molecule has 0 bridgehead atoms. The van der Waals surface area contributed by atoms with E-state index in [1.54, 1.807) is 0 Å². The van der Waals surface area contributed by atoms with Crippen molar-refractivity contribution in [2.24, 2.45) is 0 Å². The average Bonchev–Trinajstić information content (AvgIpc) is 2.79. The molecule has 0 saturated carbocycles. The molecule has 0 spiro atoms. The first kappa shape index (κ1) is 22.8. The summed E-state index contributed by atoms with van der Waals surface area (Å²) in [7, 11) is -3.26. The molecule has 0 fully saturated rings. The van der Waals surface area contributed by atoms with E-state index in [1.807, 2.05) is 0 Å². The van der Waals surface area contributed by atoms with E-state index < -0.39 is 38.3 Å². The molecule has 0 unspecified atom stereocenters. The summed E-state index contributed by atoms with van der Waals surface area (Å²) in [4.78, 5) is -0.561. The van der Waals surface area contributed by atoms with Gasteiger partial charge in [0.2, 0.25) is 0 Å². The quantitative estimate of drug-likeness (QED) is 0.474. The van der Waals surface area contributed by atoms with E-state index in [0.717, 1.165) is 34.6 Å². The molecule has 3 aromatic rings. The third-order valence-corrected chi connectivity index (χ3v) is 6.87. The van der Waals surface area contributed by atoms with Crippen molar-refractivity contribution >= 4 is 15.7 Å². The summed E-state index contributed by atoms with van der Waals surface area (Å²) in [6.45, 7) is -0.239. The van der Waals surface area contributed by atoms with Gasteiger partial charge in [-0.25, -0.2) is 17.2 Å². The van der Waals surface area contributed by atoms with E-state index in [4.69, 9.17) is 9.47 Å². The minimum Gasteiger partial charge on any atom is -0.494 e. The smallest absolute Gasteiger partial charge is 0.416 e. The molecule has 3 aromatic carbocycles. The number of benzene rings is 3. The van der Waals surface area contributed by atoms with Gasteiger partial charge in [-0.15, -0.1) is 0 Å². The lowest BCUT2D eigenvalue weighted by Gasteiger charge is -2.31. The monoisotopic (exact) mass is 485 g/mol. The highest BCUT2D eigenvalue weighted by Gasteiger charge is 2.35. The highest BCUT2D eigenvalue weighted by Crippen LogP contribution is 2.41. The fourth-order valence-electron chi connectivity index (χ4n) is 3.49. The van der Waals surface area contributed by atoms with Gasteiger partial charge < -0.3 is 9.47 Å². The second-order valence-corrected chi connectivity index (χ2v) is 8.97. The molecule has 0 aliphatic carbocycles. The lowest BCUT2D eigenvalue weighted by Crippen LogP contribution is -2.38. The molecule has 0 radical (unpaired) electrons. The van der Waals surface area contributed by atoms with E-state index in [-0.39, 0.29) is 41.5 Å². The standard InChI is InChI=1S/C22H16F5NO4S/c1-31-20-12-15(23)11-17(21(20)24)13-5-6-19-18(9-13)28(7-8-32-19)33(29,30)16-4-2-3-14(10-16)22(25,26)27/h2-6,9-12H,7-8H2,1H3. The van der Waals surface area contributed by atoms with Gasteiger partial charge in [0.05, 0.1) is 29.8 Å². The Morgan fingerprint density at radius 1 is 1.03 bits per heavy atom. The number of alkyl halides is 3. The predicted molar refractivity (Wildman–Crippen MR) is 110 cm³/mol. The number of ether oxygens (including phenoxy) is 2. The van der Waals surface area contributed by atoms with Gasteiger partial charge in [0.15, 0.2) is 11.6 Å². The maximum atomic E-state index is 14.8. The van der Waals surface area contributed by atoms with Crippen LogP contribution in [0.2, 0.25) is 0 Å². The van der Waals surface area contributed by atoms with Gasteiger partial charge in [-0.3, -0.25) is 4.31 Å². The van der Waals surface area contributed by atoms with Crippen molar-refractivity contribution in [2.75, 3.05) is 24.6 Å². The van der Waals surface area contributed by atoms with E-state index in [1.165, 1.54) is 25.3 Å². The summed E-state index contributed by atoms with van der Waals surface area (Å²) in [6.07, 6.45) is -4.73. The minimum atomic E-state index is -4.73. The van der Waals surface area contributed by atoms with Gasteiger partial charge in [-0.1, -0.05) is 12.1 Å². The van der Waals surface area contributed by atoms with Crippen molar-refractivity contribution in [3.8, 4) is 22.6 Å². The van der Waals surface area contributed by atoms with Crippen molar-refractivity contribution in [1.29, 1.82) is 0 Å². The molecule has 11 heteroatoms.